The zero-order valence-corrected chi connectivity index (χ0v) is 14.7. The Hall–Kier alpha value is -1.63. The second-order valence-corrected chi connectivity index (χ2v) is 7.92. The van der Waals surface area contributed by atoms with Crippen LogP contribution < -0.4 is 0 Å². The van der Waals surface area contributed by atoms with Crippen LogP contribution in [0, 0.1) is 11.8 Å². The lowest BCUT2D eigenvalue weighted by atomic mass is 10.2. The van der Waals surface area contributed by atoms with Crippen molar-refractivity contribution in [2.24, 2.45) is 11.8 Å². The summed E-state index contributed by atoms with van der Waals surface area (Å²) in [5.41, 5.74) is -0.0755. The Morgan fingerprint density at radius 2 is 2.00 bits per heavy atom. The second kappa shape index (κ2) is 5.78. The highest BCUT2D eigenvalue weighted by atomic mass is 32.1. The zero-order valence-electron chi connectivity index (χ0n) is 13.9. The van der Waals surface area contributed by atoms with Gasteiger partial charge in [0, 0.05) is 24.4 Å². The van der Waals surface area contributed by atoms with E-state index in [-0.39, 0.29) is 12.1 Å². The van der Waals surface area contributed by atoms with E-state index in [0.717, 1.165) is 5.01 Å². The van der Waals surface area contributed by atoms with Crippen molar-refractivity contribution in [2.75, 3.05) is 19.7 Å². The average molecular weight is 338 g/mol. The van der Waals surface area contributed by atoms with E-state index in [4.69, 9.17) is 9.47 Å². The highest BCUT2D eigenvalue weighted by molar-refractivity contribution is 7.10. The maximum atomic E-state index is 12.1. The van der Waals surface area contributed by atoms with E-state index in [1.54, 1.807) is 17.2 Å². The average Bonchev–Trinajstić information content (AvgIpc) is 2.85. The van der Waals surface area contributed by atoms with Gasteiger partial charge in [-0.25, -0.2) is 14.6 Å². The van der Waals surface area contributed by atoms with Gasteiger partial charge in [-0.15, -0.1) is 11.3 Å². The van der Waals surface area contributed by atoms with Gasteiger partial charge in [0.15, 0.2) is 5.69 Å². The van der Waals surface area contributed by atoms with Crippen molar-refractivity contribution in [1.29, 1.82) is 0 Å². The molecule has 1 amide bonds. The van der Waals surface area contributed by atoms with E-state index in [0.29, 0.717) is 43.1 Å². The van der Waals surface area contributed by atoms with E-state index in [1.165, 1.54) is 11.3 Å². The second-order valence-electron chi connectivity index (χ2n) is 7.03. The number of amides is 1. The molecule has 3 atom stereocenters. The van der Waals surface area contributed by atoms with Crippen LogP contribution in [-0.2, 0) is 9.47 Å². The molecule has 1 saturated heterocycles. The van der Waals surface area contributed by atoms with Crippen LogP contribution in [0.2, 0.25) is 0 Å². The summed E-state index contributed by atoms with van der Waals surface area (Å²) in [7, 11) is 0. The molecule has 0 radical (unpaired) electrons. The van der Waals surface area contributed by atoms with Gasteiger partial charge in [-0.05, 0) is 39.5 Å². The van der Waals surface area contributed by atoms with Crippen molar-refractivity contribution >= 4 is 23.4 Å². The first kappa shape index (κ1) is 16.2. The summed E-state index contributed by atoms with van der Waals surface area (Å²) in [4.78, 5) is 29.9. The number of carbonyl (C=O) groups excluding carboxylic acids is 2. The van der Waals surface area contributed by atoms with E-state index < -0.39 is 5.60 Å². The number of esters is 1. The number of carbonyl (C=O) groups is 2. The number of piperidine rings is 1. The molecule has 0 unspecified atom stereocenters. The molecule has 6 nitrogen and oxygen atoms in total. The Balaban J connectivity index is 1.56. The summed E-state index contributed by atoms with van der Waals surface area (Å²) in [5.74, 6) is 0.866. The first-order chi connectivity index (χ1) is 10.8. The van der Waals surface area contributed by atoms with Crippen LogP contribution in [0.25, 0.3) is 0 Å². The molecule has 7 heteroatoms. The Bertz CT molecular complexity index is 610. The molecule has 0 spiro atoms. The normalized spacial score (nSPS) is 25.9. The quantitative estimate of drug-likeness (QED) is 0.793. The maximum Gasteiger partial charge on any atom is 0.410 e. The molecule has 1 aromatic heterocycles. The van der Waals surface area contributed by atoms with Gasteiger partial charge in [0.2, 0.25) is 0 Å². The number of aromatic nitrogens is 1. The molecular weight excluding hydrogens is 316 g/mol. The lowest BCUT2D eigenvalue weighted by molar-refractivity contribution is 0.0271. The molecule has 3 rings (SSSR count). The predicted molar refractivity (Wildman–Crippen MR) is 85.6 cm³/mol. The number of hydrogen-bond acceptors (Lipinski definition) is 6. The first-order valence-corrected chi connectivity index (χ1v) is 8.78. The highest BCUT2D eigenvalue weighted by Gasteiger charge is 2.59. The molecule has 1 aliphatic carbocycles. The molecule has 1 saturated carbocycles. The number of ether oxygens (including phenoxy) is 2. The van der Waals surface area contributed by atoms with Crippen LogP contribution in [-0.4, -0.2) is 47.2 Å². The molecule has 1 aliphatic heterocycles. The van der Waals surface area contributed by atoms with E-state index in [1.807, 2.05) is 20.8 Å². The highest BCUT2D eigenvalue weighted by Crippen LogP contribution is 2.58. The Kier molecular flexibility index (Phi) is 4.08. The van der Waals surface area contributed by atoms with Crippen LogP contribution in [0.4, 0.5) is 4.79 Å². The molecule has 2 heterocycles. The Morgan fingerprint density at radius 1 is 1.35 bits per heavy atom. The van der Waals surface area contributed by atoms with Crippen molar-refractivity contribution < 1.29 is 19.1 Å². The van der Waals surface area contributed by atoms with Crippen molar-refractivity contribution in [1.82, 2.24) is 9.88 Å². The number of thiazole rings is 1. The van der Waals surface area contributed by atoms with Gasteiger partial charge in [-0.2, -0.15) is 0 Å². The molecule has 2 fully saturated rings. The number of hydrogen-bond donors (Lipinski definition) is 0. The molecule has 1 aromatic rings. The fraction of sp³-hybridized carbons (Fsp3) is 0.688. The Labute approximate surface area is 139 Å². The minimum Gasteiger partial charge on any atom is -0.461 e. The van der Waals surface area contributed by atoms with Gasteiger partial charge in [0.25, 0.3) is 0 Å². The fourth-order valence-corrected chi connectivity index (χ4v) is 4.15. The SMILES string of the molecule is CCOC(=O)c1csc([C@H]2[C@@H]3CN(C(=O)OC(C)(C)C)C[C@@H]32)n1. The summed E-state index contributed by atoms with van der Waals surface area (Å²) in [6.07, 6.45) is -0.241. The van der Waals surface area contributed by atoms with E-state index in [9.17, 15) is 9.59 Å². The van der Waals surface area contributed by atoms with Crippen LogP contribution in [0.3, 0.4) is 0 Å². The van der Waals surface area contributed by atoms with Gasteiger partial charge in [-0.3, -0.25) is 0 Å². The lowest BCUT2D eigenvalue weighted by Crippen LogP contribution is -2.36. The van der Waals surface area contributed by atoms with E-state index >= 15 is 0 Å². The summed E-state index contributed by atoms with van der Waals surface area (Å²) < 4.78 is 10.4. The molecule has 126 valence electrons. The maximum absolute atomic E-state index is 12.1. The monoisotopic (exact) mass is 338 g/mol. The third-order valence-corrected chi connectivity index (χ3v) is 5.08. The summed E-state index contributed by atoms with van der Waals surface area (Å²) in [6, 6.07) is 0. The van der Waals surface area contributed by atoms with Crippen molar-refractivity contribution in [3.63, 3.8) is 0 Å². The van der Waals surface area contributed by atoms with Gasteiger partial charge < -0.3 is 14.4 Å². The molecule has 23 heavy (non-hydrogen) atoms. The number of fused-ring (bicyclic) bond motifs is 1. The lowest BCUT2D eigenvalue weighted by Gasteiger charge is -2.25. The van der Waals surface area contributed by atoms with Crippen molar-refractivity contribution in [2.45, 2.75) is 39.2 Å². The van der Waals surface area contributed by atoms with Crippen LogP contribution in [0.5, 0.6) is 0 Å². The standard InChI is InChI=1S/C16H22N2O4S/c1-5-21-14(19)11-8-23-13(17-11)12-9-6-18(7-10(9)12)15(20)22-16(2,3)4/h8-10,12H,5-7H2,1-4H3/t9-,10+,12+. The summed E-state index contributed by atoms with van der Waals surface area (Å²) >= 11 is 1.50. The largest absolute Gasteiger partial charge is 0.461 e. The van der Waals surface area contributed by atoms with Gasteiger partial charge >= 0.3 is 12.1 Å². The van der Waals surface area contributed by atoms with Crippen molar-refractivity contribution in [3.05, 3.63) is 16.1 Å². The zero-order chi connectivity index (χ0) is 16.8. The minimum absolute atomic E-state index is 0.241. The van der Waals surface area contributed by atoms with Gasteiger partial charge in [0.05, 0.1) is 11.6 Å². The van der Waals surface area contributed by atoms with Gasteiger partial charge in [0.1, 0.15) is 5.60 Å². The number of rotatable bonds is 3. The first-order valence-electron chi connectivity index (χ1n) is 7.90. The van der Waals surface area contributed by atoms with Crippen LogP contribution in [0.15, 0.2) is 5.38 Å². The number of nitrogens with zero attached hydrogens (tertiary/aromatic N) is 2. The van der Waals surface area contributed by atoms with Crippen LogP contribution in [0.1, 0.15) is 49.1 Å². The summed E-state index contributed by atoms with van der Waals surface area (Å²) in [5, 5.41) is 2.74. The topological polar surface area (TPSA) is 68.7 Å². The smallest absolute Gasteiger partial charge is 0.410 e. The van der Waals surface area contributed by atoms with Crippen LogP contribution >= 0.6 is 11.3 Å². The van der Waals surface area contributed by atoms with Crippen molar-refractivity contribution in [3.8, 4) is 0 Å². The fourth-order valence-electron chi connectivity index (χ4n) is 3.11. The molecular formula is C16H22N2O4S. The minimum atomic E-state index is -0.465. The summed E-state index contributed by atoms with van der Waals surface area (Å²) in [6.45, 7) is 9.16. The molecule has 0 bridgehead atoms. The predicted octanol–water partition coefficient (Wildman–Crippen LogP) is 2.90. The molecule has 0 N–H and O–H groups in total. The molecule has 0 aromatic carbocycles. The van der Waals surface area contributed by atoms with E-state index in [2.05, 4.69) is 4.98 Å². The third-order valence-electron chi connectivity index (χ3n) is 4.14. The Morgan fingerprint density at radius 3 is 2.57 bits per heavy atom. The van der Waals surface area contributed by atoms with Gasteiger partial charge in [-0.1, -0.05) is 0 Å². The molecule has 2 aliphatic rings. The third kappa shape index (κ3) is 3.34. The number of likely N-dealkylation sites (tertiary alicyclic amines) is 1.